The lowest BCUT2D eigenvalue weighted by Gasteiger charge is -2.36. The quantitative estimate of drug-likeness (QED) is 0.275. The minimum atomic E-state index is -1.82. The summed E-state index contributed by atoms with van der Waals surface area (Å²) >= 11 is 0. The molecule has 1 spiro atoms. The van der Waals surface area contributed by atoms with Gasteiger partial charge < -0.3 is 25.6 Å². The number of halogens is 2. The summed E-state index contributed by atoms with van der Waals surface area (Å²) in [5.74, 6) is -4.59. The van der Waals surface area contributed by atoms with E-state index in [0.717, 1.165) is 36.6 Å². The highest BCUT2D eigenvalue weighted by atomic mass is 19.1. The molecule has 208 valence electrons. The highest BCUT2D eigenvalue weighted by Gasteiger charge is 2.58. The van der Waals surface area contributed by atoms with Gasteiger partial charge in [0.2, 0.25) is 23.3 Å². The number of ether oxygens (including phenoxy) is 1. The van der Waals surface area contributed by atoms with Crippen molar-refractivity contribution in [1.82, 2.24) is 9.80 Å². The largest absolute Gasteiger partial charge is 0.473 e. The third-order valence-electron chi connectivity index (χ3n) is 8.00. The van der Waals surface area contributed by atoms with E-state index >= 15 is 0 Å². The first-order valence-electron chi connectivity index (χ1n) is 12.9. The van der Waals surface area contributed by atoms with Crippen molar-refractivity contribution in [2.24, 2.45) is 22.7 Å². The molecule has 5 rings (SSSR count). The van der Waals surface area contributed by atoms with Crippen molar-refractivity contribution in [1.29, 1.82) is 0 Å². The van der Waals surface area contributed by atoms with Crippen molar-refractivity contribution in [3.05, 3.63) is 34.2 Å². The van der Waals surface area contributed by atoms with Crippen molar-refractivity contribution < 1.29 is 32.7 Å². The van der Waals surface area contributed by atoms with Crippen molar-refractivity contribution in [3.63, 3.8) is 0 Å². The van der Waals surface area contributed by atoms with Gasteiger partial charge in [-0.3, -0.25) is 19.2 Å². The third kappa shape index (κ3) is 5.20. The molecule has 39 heavy (non-hydrogen) atoms. The Balaban J connectivity index is 1.43. The van der Waals surface area contributed by atoms with E-state index in [9.17, 15) is 28.0 Å². The molecule has 4 atom stereocenters. The number of hydrogen-bond acceptors (Lipinski definition) is 6. The summed E-state index contributed by atoms with van der Waals surface area (Å²) in [6.45, 7) is -0.423. The van der Waals surface area contributed by atoms with Crippen LogP contribution in [0.5, 0.6) is 5.75 Å². The first kappa shape index (κ1) is 26.7. The molecule has 3 N–H and O–H groups in total. The van der Waals surface area contributed by atoms with Crippen LogP contribution < -0.4 is 15.8 Å². The number of likely N-dealkylation sites (N-methyl/N-ethyl adjacent to an activating group) is 1. The summed E-state index contributed by atoms with van der Waals surface area (Å²) in [7, 11) is 1.46. The van der Waals surface area contributed by atoms with Crippen molar-refractivity contribution in [2.75, 3.05) is 18.9 Å². The molecule has 2 aliphatic heterocycles. The molecular formula is C25H29F2N7O5. The number of anilines is 1. The lowest BCUT2D eigenvalue weighted by molar-refractivity contribution is -0.148. The van der Waals surface area contributed by atoms with Gasteiger partial charge in [-0.15, -0.1) is 0 Å². The number of primary amides is 1. The molecule has 1 aromatic carbocycles. The lowest BCUT2D eigenvalue weighted by atomic mass is 9.96. The topological polar surface area (TPSA) is 171 Å². The van der Waals surface area contributed by atoms with Crippen LogP contribution in [0.3, 0.4) is 0 Å². The second-order valence-corrected chi connectivity index (χ2v) is 10.9. The Kier molecular flexibility index (Phi) is 6.83. The van der Waals surface area contributed by atoms with Crippen molar-refractivity contribution >= 4 is 29.3 Å². The molecule has 12 nitrogen and oxygen atoms in total. The standard InChI is InChI=1S/C25H29F2N7O5/c1-33(22(36)16(31-32-29)6-12-2-3-12)17(7-13-4-5-13)23(37)34-11-25(10-18(34)21(28)35)24(38)30-20-15(27)8-14(26)9-19(20)39-25/h8-9,12-13,16-18H,2-7,10-11H2,1H3,(H2,28,35)(H,30,38)/t16-,17-,18-,25+/m0/s1. The van der Waals surface area contributed by atoms with Gasteiger partial charge in [0, 0.05) is 30.5 Å². The number of rotatable bonds is 9. The monoisotopic (exact) mass is 545 g/mol. The van der Waals surface area contributed by atoms with E-state index in [0.29, 0.717) is 18.9 Å². The number of likely N-dealkylation sites (tertiary alicyclic amines) is 1. The van der Waals surface area contributed by atoms with E-state index in [1.807, 2.05) is 0 Å². The van der Waals surface area contributed by atoms with Crippen LogP contribution in [-0.4, -0.2) is 70.7 Å². The lowest BCUT2D eigenvalue weighted by Crippen LogP contribution is -2.56. The first-order chi connectivity index (χ1) is 18.5. The zero-order valence-corrected chi connectivity index (χ0v) is 21.3. The molecule has 0 bridgehead atoms. The molecule has 0 unspecified atom stereocenters. The third-order valence-corrected chi connectivity index (χ3v) is 8.00. The van der Waals surface area contributed by atoms with Gasteiger partial charge in [0.05, 0.1) is 6.54 Å². The van der Waals surface area contributed by atoms with E-state index in [4.69, 9.17) is 16.0 Å². The Labute approximate surface area is 222 Å². The normalized spacial score (nSPS) is 25.2. The van der Waals surface area contributed by atoms with Crippen molar-refractivity contribution in [2.45, 2.75) is 68.7 Å². The number of nitrogens with two attached hydrogens (primary N) is 1. The van der Waals surface area contributed by atoms with Gasteiger partial charge in [0.25, 0.3) is 5.91 Å². The summed E-state index contributed by atoms with van der Waals surface area (Å²) in [4.78, 5) is 58.1. The fourth-order valence-electron chi connectivity index (χ4n) is 5.44. The zero-order valence-electron chi connectivity index (χ0n) is 21.3. The Bertz CT molecular complexity index is 1280. The molecule has 14 heteroatoms. The van der Waals surface area contributed by atoms with Gasteiger partial charge in [0.1, 0.15) is 29.6 Å². The van der Waals surface area contributed by atoms with E-state index in [-0.39, 0.29) is 29.7 Å². The van der Waals surface area contributed by atoms with Gasteiger partial charge in [-0.2, -0.15) is 0 Å². The van der Waals surface area contributed by atoms with E-state index in [1.54, 1.807) is 0 Å². The van der Waals surface area contributed by atoms with Crippen LogP contribution in [0.15, 0.2) is 17.2 Å². The molecule has 4 amide bonds. The maximum atomic E-state index is 14.3. The average Bonchev–Trinajstić information content (AvgIpc) is 3.82. The fourth-order valence-corrected chi connectivity index (χ4v) is 5.44. The Morgan fingerprint density at radius 2 is 1.92 bits per heavy atom. The highest BCUT2D eigenvalue weighted by Crippen LogP contribution is 2.43. The minimum absolute atomic E-state index is 0.186. The molecule has 0 aromatic heterocycles. The predicted molar refractivity (Wildman–Crippen MR) is 132 cm³/mol. The maximum absolute atomic E-state index is 14.3. The average molecular weight is 546 g/mol. The van der Waals surface area contributed by atoms with Gasteiger partial charge in [-0.1, -0.05) is 30.8 Å². The first-order valence-corrected chi connectivity index (χ1v) is 12.9. The molecule has 1 aromatic rings. The summed E-state index contributed by atoms with van der Waals surface area (Å²) in [5, 5.41) is 6.04. The second kappa shape index (κ2) is 9.99. The van der Waals surface area contributed by atoms with E-state index in [1.165, 1.54) is 11.9 Å². The van der Waals surface area contributed by atoms with Crippen LogP contribution in [0.4, 0.5) is 14.5 Å². The van der Waals surface area contributed by atoms with Crippen molar-refractivity contribution in [3.8, 4) is 5.75 Å². The van der Waals surface area contributed by atoms with Crippen LogP contribution in [0.2, 0.25) is 0 Å². The van der Waals surface area contributed by atoms with Gasteiger partial charge >= 0.3 is 0 Å². The number of carbonyl (C=O) groups excluding carboxylic acids is 4. The smallest absolute Gasteiger partial charge is 0.270 e. The van der Waals surface area contributed by atoms with E-state index in [2.05, 4.69) is 15.3 Å². The van der Waals surface area contributed by atoms with Crippen LogP contribution >= 0.6 is 0 Å². The summed E-state index contributed by atoms with van der Waals surface area (Å²) < 4.78 is 33.9. The number of benzene rings is 1. The van der Waals surface area contributed by atoms with Crippen LogP contribution in [0, 0.1) is 23.5 Å². The molecule has 3 fully saturated rings. The van der Waals surface area contributed by atoms with Gasteiger partial charge in [-0.05, 0) is 30.2 Å². The number of nitrogens with zero attached hydrogens (tertiary/aromatic N) is 5. The molecular weight excluding hydrogens is 516 g/mol. The number of hydrogen-bond donors (Lipinski definition) is 2. The Hall–Kier alpha value is -3.93. The number of carbonyl (C=O) groups is 4. The predicted octanol–water partition coefficient (Wildman–Crippen LogP) is 2.23. The van der Waals surface area contributed by atoms with Crippen LogP contribution in [-0.2, 0) is 19.2 Å². The zero-order chi connectivity index (χ0) is 28.1. The molecule has 2 heterocycles. The molecule has 1 saturated heterocycles. The molecule has 2 aliphatic carbocycles. The summed E-state index contributed by atoms with van der Waals surface area (Å²) in [6, 6.07) is -1.74. The van der Waals surface area contributed by atoms with Gasteiger partial charge in [0.15, 0.2) is 11.6 Å². The van der Waals surface area contributed by atoms with E-state index < -0.39 is 65.5 Å². The number of azide groups is 1. The van der Waals surface area contributed by atoms with Gasteiger partial charge in [-0.25, -0.2) is 8.78 Å². The maximum Gasteiger partial charge on any atom is 0.270 e. The fraction of sp³-hybridized carbons (Fsp3) is 0.600. The molecule has 4 aliphatic rings. The van der Waals surface area contributed by atoms with Crippen LogP contribution in [0.1, 0.15) is 44.9 Å². The second-order valence-electron chi connectivity index (χ2n) is 10.9. The number of amides is 4. The van der Waals surface area contributed by atoms with Crippen LogP contribution in [0.25, 0.3) is 10.4 Å². The molecule has 0 radical (unpaired) electrons. The number of fused-ring (bicyclic) bond motifs is 1. The molecule has 2 saturated carbocycles. The SMILES string of the molecule is CN(C(=O)[C@H](CC1CC1)N=[N+]=[N-])[C@@H](CC1CC1)C(=O)N1C[C@@]2(C[C@H]1C(N)=O)Oc1cc(F)cc(F)c1NC2=O. The Morgan fingerprint density at radius 3 is 2.54 bits per heavy atom. The summed E-state index contributed by atoms with van der Waals surface area (Å²) in [6.07, 6.45) is 3.98. The highest BCUT2D eigenvalue weighted by molar-refractivity contribution is 6.03. The Morgan fingerprint density at radius 1 is 1.26 bits per heavy atom. The minimum Gasteiger partial charge on any atom is -0.473 e. The summed E-state index contributed by atoms with van der Waals surface area (Å²) in [5.41, 5.74) is 12.5. The number of nitrogens with one attached hydrogen (secondary N) is 1.